The van der Waals surface area contributed by atoms with Gasteiger partial charge in [0.1, 0.15) is 0 Å². The number of aromatic nitrogens is 3. The molecule has 1 aliphatic rings. The first kappa shape index (κ1) is 29.0. The summed E-state index contributed by atoms with van der Waals surface area (Å²) in [6, 6.07) is 17.5. The third kappa shape index (κ3) is 6.36. The zero-order valence-electron chi connectivity index (χ0n) is 25.2. The van der Waals surface area contributed by atoms with E-state index < -0.39 is 0 Å². The van der Waals surface area contributed by atoms with Gasteiger partial charge in [0.05, 0.1) is 11.3 Å². The first-order valence-electron chi connectivity index (χ1n) is 14.3. The molecule has 0 spiro atoms. The van der Waals surface area contributed by atoms with Crippen molar-refractivity contribution >= 4 is 28.8 Å². The van der Waals surface area contributed by atoms with Crippen LogP contribution in [0, 0.1) is 6.92 Å². The molecule has 2 aromatic heterocycles. The summed E-state index contributed by atoms with van der Waals surface area (Å²) in [6.45, 7) is 12.3. The fourth-order valence-corrected chi connectivity index (χ4v) is 4.99. The van der Waals surface area contributed by atoms with Gasteiger partial charge in [0.2, 0.25) is 0 Å². The lowest BCUT2D eigenvalue weighted by Gasteiger charge is -2.34. The highest BCUT2D eigenvalue weighted by Crippen LogP contribution is 2.29. The summed E-state index contributed by atoms with van der Waals surface area (Å²) in [6.07, 6.45) is 3.33. The number of hydrogen-bond acceptors (Lipinski definition) is 7. The molecule has 4 aromatic rings. The van der Waals surface area contributed by atoms with Gasteiger partial charge in [-0.2, -0.15) is 0 Å². The number of rotatable bonds is 6. The van der Waals surface area contributed by atoms with Crippen molar-refractivity contribution in [1.29, 1.82) is 0 Å². The molecule has 1 fully saturated rings. The maximum Gasteiger partial charge on any atom is 0.293 e. The third-order valence-electron chi connectivity index (χ3n) is 7.72. The van der Waals surface area contributed by atoms with Crippen LogP contribution < -0.4 is 21.1 Å². The highest BCUT2D eigenvalue weighted by molar-refractivity contribution is 6.04. The summed E-state index contributed by atoms with van der Waals surface area (Å²) in [4.78, 5) is 39.9. The van der Waals surface area contributed by atoms with E-state index in [-0.39, 0.29) is 22.7 Å². The standard InChI is InChI=1S/C33H39N7O2/c1-22-26(8-7-9-27(22)37-31(41)23-10-15-29(34-20-23)33(2,3)4)28-21-39(6)32(42)30(36-28)35-24-11-13-25(14-12-24)40-18-16-38(5)17-19-40/h7-15,20-21H,16-19H2,1-6H3,(H,35,36)(H,37,41). The molecule has 2 N–H and O–H groups in total. The number of benzene rings is 2. The van der Waals surface area contributed by atoms with Crippen LogP contribution >= 0.6 is 0 Å². The van der Waals surface area contributed by atoms with E-state index in [4.69, 9.17) is 4.98 Å². The summed E-state index contributed by atoms with van der Waals surface area (Å²) in [5, 5.41) is 6.23. The van der Waals surface area contributed by atoms with Crippen molar-refractivity contribution in [1.82, 2.24) is 19.4 Å². The van der Waals surface area contributed by atoms with Gasteiger partial charge in [-0.05, 0) is 62.0 Å². The molecule has 1 aliphatic heterocycles. The van der Waals surface area contributed by atoms with Gasteiger partial charge < -0.3 is 25.0 Å². The molecule has 1 amide bonds. The molecule has 3 heterocycles. The number of nitrogens with zero attached hydrogens (tertiary/aromatic N) is 5. The minimum absolute atomic E-state index is 0.0928. The molecular weight excluding hydrogens is 526 g/mol. The van der Waals surface area contributed by atoms with E-state index in [0.29, 0.717) is 16.9 Å². The fraction of sp³-hybridized carbons (Fsp3) is 0.333. The minimum atomic E-state index is -0.237. The van der Waals surface area contributed by atoms with Crippen molar-refractivity contribution in [3.63, 3.8) is 0 Å². The maximum atomic E-state index is 13.0. The Morgan fingerprint density at radius 1 is 0.929 bits per heavy atom. The molecule has 0 unspecified atom stereocenters. The number of anilines is 4. The average Bonchev–Trinajstić information content (AvgIpc) is 2.97. The Balaban J connectivity index is 1.36. The fourth-order valence-electron chi connectivity index (χ4n) is 4.99. The molecule has 0 radical (unpaired) electrons. The lowest BCUT2D eigenvalue weighted by atomic mass is 9.91. The van der Waals surface area contributed by atoms with Gasteiger partial charge >= 0.3 is 0 Å². The number of carbonyl (C=O) groups excluding carboxylic acids is 1. The highest BCUT2D eigenvalue weighted by Gasteiger charge is 2.18. The Morgan fingerprint density at radius 2 is 1.64 bits per heavy atom. The Bertz CT molecular complexity index is 1630. The number of piperazine rings is 1. The van der Waals surface area contributed by atoms with E-state index in [1.807, 2.05) is 43.3 Å². The zero-order chi connectivity index (χ0) is 30.0. The van der Waals surface area contributed by atoms with Crippen LogP contribution in [0.1, 0.15) is 42.4 Å². The molecule has 2 aromatic carbocycles. The number of carbonyl (C=O) groups is 1. The highest BCUT2D eigenvalue weighted by atomic mass is 16.1. The lowest BCUT2D eigenvalue weighted by Crippen LogP contribution is -2.44. The largest absolute Gasteiger partial charge is 0.369 e. The first-order chi connectivity index (χ1) is 20.0. The van der Waals surface area contributed by atoms with E-state index in [1.165, 1.54) is 10.3 Å². The van der Waals surface area contributed by atoms with Gasteiger partial charge in [0.15, 0.2) is 5.82 Å². The number of amides is 1. The summed E-state index contributed by atoms with van der Waals surface area (Å²) in [7, 11) is 3.86. The molecule has 0 aliphatic carbocycles. The molecule has 9 heteroatoms. The van der Waals surface area contributed by atoms with Gasteiger partial charge in [-0.1, -0.05) is 32.9 Å². The normalized spacial score (nSPS) is 14.1. The van der Waals surface area contributed by atoms with Gasteiger partial charge in [0, 0.05) is 79.4 Å². The van der Waals surface area contributed by atoms with Crippen LogP contribution in [0.15, 0.2) is 71.8 Å². The monoisotopic (exact) mass is 565 g/mol. The minimum Gasteiger partial charge on any atom is -0.369 e. The van der Waals surface area contributed by atoms with Crippen molar-refractivity contribution < 1.29 is 4.79 Å². The second-order valence-electron chi connectivity index (χ2n) is 12.0. The van der Waals surface area contributed by atoms with Crippen molar-refractivity contribution in [3.05, 3.63) is 94.2 Å². The summed E-state index contributed by atoms with van der Waals surface area (Å²) in [5.41, 5.74) is 6.00. The summed E-state index contributed by atoms with van der Waals surface area (Å²) < 4.78 is 1.52. The molecule has 0 saturated carbocycles. The zero-order valence-corrected chi connectivity index (χ0v) is 25.2. The van der Waals surface area contributed by atoms with Crippen LogP contribution in [0.5, 0.6) is 0 Å². The van der Waals surface area contributed by atoms with Crippen molar-refractivity contribution in [2.45, 2.75) is 33.1 Å². The first-order valence-corrected chi connectivity index (χ1v) is 14.3. The molecule has 9 nitrogen and oxygen atoms in total. The average molecular weight is 566 g/mol. The van der Waals surface area contributed by atoms with Crippen LogP contribution in [0.4, 0.5) is 22.9 Å². The predicted molar refractivity (Wildman–Crippen MR) is 170 cm³/mol. The molecule has 0 atom stereocenters. The molecule has 42 heavy (non-hydrogen) atoms. The number of nitrogens with one attached hydrogen (secondary N) is 2. The number of aryl methyl sites for hydroxylation is 1. The van der Waals surface area contributed by atoms with Crippen molar-refractivity contribution in [2.24, 2.45) is 7.05 Å². The van der Waals surface area contributed by atoms with Crippen molar-refractivity contribution in [2.75, 3.05) is 48.8 Å². The Labute approximate surface area is 247 Å². The summed E-state index contributed by atoms with van der Waals surface area (Å²) in [5.74, 6) is 0.000189. The van der Waals surface area contributed by atoms with E-state index >= 15 is 0 Å². The summed E-state index contributed by atoms with van der Waals surface area (Å²) >= 11 is 0. The topological polar surface area (TPSA) is 95.4 Å². The smallest absolute Gasteiger partial charge is 0.293 e. The van der Waals surface area contributed by atoms with E-state index in [0.717, 1.165) is 48.7 Å². The van der Waals surface area contributed by atoms with Crippen LogP contribution in [0.3, 0.4) is 0 Å². The SMILES string of the molecule is Cc1c(NC(=O)c2ccc(C(C)(C)C)nc2)cccc1-c1cn(C)c(=O)c(Nc2ccc(N3CCN(C)CC3)cc2)n1. The van der Waals surface area contributed by atoms with Gasteiger partial charge in [0.25, 0.3) is 11.5 Å². The molecule has 0 bridgehead atoms. The molecule has 5 rings (SSSR count). The number of hydrogen-bond donors (Lipinski definition) is 2. The van der Waals surface area contributed by atoms with Crippen LogP contribution in [0.2, 0.25) is 0 Å². The number of likely N-dealkylation sites (N-methyl/N-ethyl adjacent to an activating group) is 1. The van der Waals surface area contributed by atoms with Gasteiger partial charge in [-0.15, -0.1) is 0 Å². The van der Waals surface area contributed by atoms with Crippen LogP contribution in [-0.2, 0) is 12.5 Å². The van der Waals surface area contributed by atoms with Crippen LogP contribution in [0.25, 0.3) is 11.3 Å². The third-order valence-corrected chi connectivity index (χ3v) is 7.72. The number of pyridine rings is 1. The van der Waals surface area contributed by atoms with E-state index in [9.17, 15) is 9.59 Å². The molecular formula is C33H39N7O2. The van der Waals surface area contributed by atoms with Crippen molar-refractivity contribution in [3.8, 4) is 11.3 Å². The second-order valence-corrected chi connectivity index (χ2v) is 12.0. The maximum absolute atomic E-state index is 13.0. The lowest BCUT2D eigenvalue weighted by molar-refractivity contribution is 0.102. The van der Waals surface area contributed by atoms with Gasteiger partial charge in [-0.25, -0.2) is 4.98 Å². The van der Waals surface area contributed by atoms with Gasteiger partial charge in [-0.3, -0.25) is 14.6 Å². The molecule has 1 saturated heterocycles. The van der Waals surface area contributed by atoms with E-state index in [2.05, 4.69) is 65.4 Å². The quantitative estimate of drug-likeness (QED) is 0.332. The molecule has 218 valence electrons. The van der Waals surface area contributed by atoms with E-state index in [1.54, 1.807) is 25.5 Å². The predicted octanol–water partition coefficient (Wildman–Crippen LogP) is 5.20. The van der Waals surface area contributed by atoms with Crippen LogP contribution in [-0.4, -0.2) is 58.6 Å². The Kier molecular flexibility index (Phi) is 8.13. The Morgan fingerprint density at radius 3 is 2.29 bits per heavy atom. The Hall–Kier alpha value is -4.50. The second kappa shape index (κ2) is 11.8.